The fourth-order valence-electron chi connectivity index (χ4n) is 3.73. The van der Waals surface area contributed by atoms with Crippen molar-refractivity contribution in [1.29, 1.82) is 0 Å². The molecule has 4 N–H and O–H groups in total. The van der Waals surface area contributed by atoms with Crippen molar-refractivity contribution in [3.05, 3.63) is 35.9 Å². The van der Waals surface area contributed by atoms with Gasteiger partial charge in [0, 0.05) is 32.7 Å². The molecule has 0 aliphatic heterocycles. The summed E-state index contributed by atoms with van der Waals surface area (Å²) in [7, 11) is 2.08. The van der Waals surface area contributed by atoms with Gasteiger partial charge >= 0.3 is 0 Å². The molecule has 1 aliphatic carbocycles. The Kier molecular flexibility index (Phi) is 10.4. The lowest BCUT2D eigenvalue weighted by Gasteiger charge is -2.31. The second-order valence-electron chi connectivity index (χ2n) is 7.96. The van der Waals surface area contributed by atoms with Crippen LogP contribution < -0.4 is 21.3 Å². The first-order valence-electron chi connectivity index (χ1n) is 11.6. The van der Waals surface area contributed by atoms with E-state index < -0.39 is 0 Å². The third-order valence-electron chi connectivity index (χ3n) is 5.52. The molecule has 0 atom stereocenters. The van der Waals surface area contributed by atoms with Crippen LogP contribution >= 0.6 is 0 Å². The molecule has 9 heteroatoms. The number of nitrogens with one attached hydrogen (secondary N) is 2. The highest BCUT2D eigenvalue weighted by Gasteiger charge is 2.21. The van der Waals surface area contributed by atoms with Gasteiger partial charge in [-0.15, -0.1) is 0 Å². The van der Waals surface area contributed by atoms with Gasteiger partial charge in [-0.25, -0.2) is 0 Å². The molecule has 1 heterocycles. The summed E-state index contributed by atoms with van der Waals surface area (Å²) < 4.78 is 10.9. The maximum absolute atomic E-state index is 5.58. The van der Waals surface area contributed by atoms with Crippen molar-refractivity contribution < 1.29 is 9.47 Å². The Morgan fingerprint density at radius 1 is 0.906 bits per heavy atom. The van der Waals surface area contributed by atoms with E-state index in [1.165, 1.54) is 37.7 Å². The average molecular weight is 444 g/mol. The molecule has 3 rings (SSSR count). The number of nitrogens with zero attached hydrogens (tertiary/aromatic N) is 4. The first kappa shape index (κ1) is 24.2. The SMILES string of the molecule is CN(c1nc(NCCOCCOCCN)nc(NCc2ccccc2)n1)C1CCCCC1. The second-order valence-corrected chi connectivity index (χ2v) is 7.96. The maximum Gasteiger partial charge on any atom is 0.231 e. The Morgan fingerprint density at radius 2 is 1.59 bits per heavy atom. The van der Waals surface area contributed by atoms with Crippen molar-refractivity contribution in [2.75, 3.05) is 62.1 Å². The molecule has 1 saturated carbocycles. The molecule has 9 nitrogen and oxygen atoms in total. The molecule has 0 unspecified atom stereocenters. The lowest BCUT2D eigenvalue weighted by molar-refractivity contribution is 0.0547. The van der Waals surface area contributed by atoms with E-state index in [4.69, 9.17) is 20.2 Å². The minimum Gasteiger partial charge on any atom is -0.378 e. The molecule has 1 aromatic carbocycles. The number of aromatic nitrogens is 3. The van der Waals surface area contributed by atoms with Crippen molar-refractivity contribution >= 4 is 17.8 Å². The van der Waals surface area contributed by atoms with Gasteiger partial charge in [0.05, 0.1) is 26.4 Å². The van der Waals surface area contributed by atoms with Gasteiger partial charge in [-0.1, -0.05) is 49.6 Å². The molecular weight excluding hydrogens is 406 g/mol. The minimum absolute atomic E-state index is 0.470. The lowest BCUT2D eigenvalue weighted by Crippen LogP contribution is -2.35. The summed E-state index contributed by atoms with van der Waals surface area (Å²) in [6.07, 6.45) is 6.19. The number of hydrogen-bond donors (Lipinski definition) is 3. The van der Waals surface area contributed by atoms with Crippen LogP contribution in [-0.2, 0) is 16.0 Å². The molecule has 176 valence electrons. The normalized spacial score (nSPS) is 14.3. The van der Waals surface area contributed by atoms with E-state index in [-0.39, 0.29) is 0 Å². The van der Waals surface area contributed by atoms with Gasteiger partial charge in [-0.05, 0) is 18.4 Å². The minimum atomic E-state index is 0.470. The van der Waals surface area contributed by atoms with Gasteiger partial charge in [0.1, 0.15) is 0 Å². The lowest BCUT2D eigenvalue weighted by atomic mass is 9.95. The van der Waals surface area contributed by atoms with E-state index in [9.17, 15) is 0 Å². The maximum atomic E-state index is 5.58. The smallest absolute Gasteiger partial charge is 0.231 e. The Balaban J connectivity index is 1.59. The molecular formula is C23H37N7O2. The molecule has 1 aromatic heterocycles. The first-order valence-corrected chi connectivity index (χ1v) is 11.6. The molecule has 0 saturated heterocycles. The van der Waals surface area contributed by atoms with Crippen LogP contribution in [0.15, 0.2) is 30.3 Å². The zero-order chi connectivity index (χ0) is 22.4. The summed E-state index contributed by atoms with van der Waals surface area (Å²) in [5.41, 5.74) is 6.58. The van der Waals surface area contributed by atoms with Crippen LogP contribution in [0.25, 0.3) is 0 Å². The standard InChI is InChI=1S/C23H37N7O2/c1-30(20-10-6-3-7-11-20)23-28-21(25-13-15-32-17-16-31-14-12-24)27-22(29-23)26-18-19-8-4-2-5-9-19/h2,4-5,8-9,20H,3,6-7,10-18,24H2,1H3,(H2,25,26,27,28,29). The monoisotopic (exact) mass is 443 g/mol. The second kappa shape index (κ2) is 13.8. The Bertz CT molecular complexity index is 772. The largest absolute Gasteiger partial charge is 0.378 e. The number of ether oxygens (including phenoxy) is 2. The molecule has 0 radical (unpaired) electrons. The highest BCUT2D eigenvalue weighted by atomic mass is 16.5. The van der Waals surface area contributed by atoms with Crippen molar-refractivity contribution in [3.8, 4) is 0 Å². The summed E-state index contributed by atoms with van der Waals surface area (Å²) in [5.74, 6) is 1.82. The van der Waals surface area contributed by atoms with Gasteiger partial charge in [0.2, 0.25) is 17.8 Å². The molecule has 0 spiro atoms. The van der Waals surface area contributed by atoms with Crippen molar-refractivity contribution in [1.82, 2.24) is 15.0 Å². The van der Waals surface area contributed by atoms with Gasteiger partial charge < -0.3 is 30.7 Å². The van der Waals surface area contributed by atoms with Gasteiger partial charge in [0.25, 0.3) is 0 Å². The summed E-state index contributed by atoms with van der Waals surface area (Å²) >= 11 is 0. The van der Waals surface area contributed by atoms with Gasteiger partial charge in [-0.3, -0.25) is 0 Å². The summed E-state index contributed by atoms with van der Waals surface area (Å²) in [6, 6.07) is 10.7. The van der Waals surface area contributed by atoms with Gasteiger partial charge in [0.15, 0.2) is 0 Å². The number of nitrogens with two attached hydrogens (primary N) is 1. The Hall–Kier alpha value is -2.49. The quantitative estimate of drug-likeness (QED) is 0.379. The third kappa shape index (κ3) is 8.22. The number of anilines is 3. The van der Waals surface area contributed by atoms with Crippen LogP contribution in [0, 0.1) is 0 Å². The predicted octanol–water partition coefficient (Wildman–Crippen LogP) is 2.66. The predicted molar refractivity (Wildman–Crippen MR) is 128 cm³/mol. The molecule has 2 aromatic rings. The summed E-state index contributed by atoms with van der Waals surface area (Å²) in [6.45, 7) is 3.97. The molecule has 1 aliphatic rings. The number of rotatable bonds is 14. The van der Waals surface area contributed by atoms with E-state index in [1.54, 1.807) is 0 Å². The summed E-state index contributed by atoms with van der Waals surface area (Å²) in [5, 5.41) is 6.61. The molecule has 0 bridgehead atoms. The van der Waals surface area contributed by atoms with E-state index in [0.29, 0.717) is 69.9 Å². The van der Waals surface area contributed by atoms with Crippen molar-refractivity contribution in [2.45, 2.75) is 44.7 Å². The summed E-state index contributed by atoms with van der Waals surface area (Å²) in [4.78, 5) is 16.2. The van der Waals surface area contributed by atoms with E-state index in [2.05, 4.69) is 44.7 Å². The van der Waals surface area contributed by atoms with Crippen LogP contribution in [0.1, 0.15) is 37.7 Å². The topological polar surface area (TPSA) is 110 Å². The van der Waals surface area contributed by atoms with E-state index in [1.807, 2.05) is 18.2 Å². The van der Waals surface area contributed by atoms with Crippen LogP contribution in [0.3, 0.4) is 0 Å². The molecule has 0 amide bonds. The van der Waals surface area contributed by atoms with Crippen molar-refractivity contribution in [2.24, 2.45) is 5.73 Å². The fraction of sp³-hybridized carbons (Fsp3) is 0.609. The molecule has 1 fully saturated rings. The zero-order valence-corrected chi connectivity index (χ0v) is 19.1. The average Bonchev–Trinajstić information content (AvgIpc) is 2.85. The zero-order valence-electron chi connectivity index (χ0n) is 19.1. The Labute approximate surface area is 191 Å². The molecule has 32 heavy (non-hydrogen) atoms. The van der Waals surface area contributed by atoms with Crippen LogP contribution in [0.5, 0.6) is 0 Å². The number of benzene rings is 1. The van der Waals surface area contributed by atoms with E-state index >= 15 is 0 Å². The number of hydrogen-bond acceptors (Lipinski definition) is 9. The van der Waals surface area contributed by atoms with Crippen LogP contribution in [0.4, 0.5) is 17.8 Å². The Morgan fingerprint density at radius 3 is 2.31 bits per heavy atom. The van der Waals surface area contributed by atoms with Crippen LogP contribution in [-0.4, -0.2) is 67.6 Å². The first-order chi connectivity index (χ1) is 15.8. The van der Waals surface area contributed by atoms with E-state index in [0.717, 1.165) is 0 Å². The highest BCUT2D eigenvalue weighted by Crippen LogP contribution is 2.25. The van der Waals surface area contributed by atoms with Crippen LogP contribution in [0.2, 0.25) is 0 Å². The van der Waals surface area contributed by atoms with Crippen molar-refractivity contribution in [3.63, 3.8) is 0 Å². The third-order valence-corrected chi connectivity index (χ3v) is 5.52. The highest BCUT2D eigenvalue weighted by molar-refractivity contribution is 5.44. The van der Waals surface area contributed by atoms with Gasteiger partial charge in [-0.2, -0.15) is 15.0 Å². The fourth-order valence-corrected chi connectivity index (χ4v) is 3.73.